The average Bonchev–Trinajstić information content (AvgIpc) is 3.39. The molecule has 1 N–H and O–H groups in total. The molecular formula is C31H50N2O6. The van der Waals surface area contributed by atoms with E-state index in [9.17, 15) is 19.5 Å². The summed E-state index contributed by atoms with van der Waals surface area (Å²) in [5.74, 6) is -2.49. The van der Waals surface area contributed by atoms with E-state index >= 15 is 0 Å². The number of ether oxygens (including phenoxy) is 2. The molecule has 2 bridgehead atoms. The zero-order valence-corrected chi connectivity index (χ0v) is 24.9. The number of aliphatic hydroxyl groups excluding tert-OH is 1. The van der Waals surface area contributed by atoms with Crippen molar-refractivity contribution in [3.05, 3.63) is 25.3 Å². The second-order valence-corrected chi connectivity index (χ2v) is 12.4. The van der Waals surface area contributed by atoms with E-state index in [4.69, 9.17) is 9.47 Å². The Labute approximate surface area is 234 Å². The van der Waals surface area contributed by atoms with E-state index in [1.54, 1.807) is 22.0 Å². The fourth-order valence-electron chi connectivity index (χ4n) is 7.37. The molecule has 0 aromatic rings. The lowest BCUT2D eigenvalue weighted by atomic mass is 9.62. The number of hydrogen-bond acceptors (Lipinski definition) is 6. The summed E-state index contributed by atoms with van der Waals surface area (Å²) in [5.41, 5.74) is -2.09. The van der Waals surface area contributed by atoms with Crippen molar-refractivity contribution in [2.75, 3.05) is 19.8 Å². The number of esters is 1. The number of nitrogens with zero attached hydrogens (tertiary/aromatic N) is 2. The molecule has 0 saturated carbocycles. The largest absolute Gasteiger partial charge is 0.465 e. The summed E-state index contributed by atoms with van der Waals surface area (Å²) in [5, 5.41) is 10.5. The van der Waals surface area contributed by atoms with Crippen molar-refractivity contribution in [1.82, 2.24) is 9.80 Å². The number of allylic oxidation sites excluding steroid dienone is 1. The summed E-state index contributed by atoms with van der Waals surface area (Å²) in [7, 11) is 0. The van der Waals surface area contributed by atoms with Crippen molar-refractivity contribution in [1.29, 1.82) is 0 Å². The summed E-state index contributed by atoms with van der Waals surface area (Å²) in [6, 6.07) is -1.57. The van der Waals surface area contributed by atoms with E-state index in [0.717, 1.165) is 19.3 Å². The second kappa shape index (κ2) is 12.5. The zero-order valence-electron chi connectivity index (χ0n) is 24.9. The van der Waals surface area contributed by atoms with Crippen molar-refractivity contribution in [2.45, 2.75) is 109 Å². The maximum atomic E-state index is 14.6. The number of carbonyl (C=O) groups excluding carboxylic acids is 3. The van der Waals surface area contributed by atoms with Gasteiger partial charge in [0.25, 0.3) is 0 Å². The number of likely N-dealkylation sites (tertiary alicyclic amines) is 1. The zero-order chi connectivity index (χ0) is 29.1. The molecule has 4 unspecified atom stereocenters. The Hall–Kier alpha value is -2.19. The van der Waals surface area contributed by atoms with E-state index in [1.165, 1.54) is 0 Å². The molecule has 220 valence electrons. The first-order chi connectivity index (χ1) is 18.4. The maximum Gasteiger partial charge on any atom is 0.312 e. The minimum Gasteiger partial charge on any atom is -0.465 e. The van der Waals surface area contributed by atoms with E-state index < -0.39 is 41.1 Å². The lowest BCUT2D eigenvalue weighted by molar-refractivity contribution is -0.164. The Morgan fingerprint density at radius 2 is 1.97 bits per heavy atom. The molecule has 3 aliphatic rings. The van der Waals surface area contributed by atoms with Gasteiger partial charge in [-0.05, 0) is 57.8 Å². The SMILES string of the molecule is C=CCCCOC(=O)[C@H]1[C@H]2C(=O)N([C@@H](CO)CC(C)C)C(C(=O)N(CC=C)C(C)CCC)C23CC(C)[C@]1(C)O3. The Morgan fingerprint density at radius 1 is 1.28 bits per heavy atom. The highest BCUT2D eigenvalue weighted by Crippen LogP contribution is 2.65. The van der Waals surface area contributed by atoms with E-state index in [1.807, 2.05) is 34.6 Å². The van der Waals surface area contributed by atoms with Crippen molar-refractivity contribution in [2.24, 2.45) is 23.7 Å². The number of aliphatic hydroxyl groups is 1. The minimum atomic E-state index is -1.16. The van der Waals surface area contributed by atoms with E-state index in [2.05, 4.69) is 20.1 Å². The molecule has 8 atom stereocenters. The third kappa shape index (κ3) is 5.43. The van der Waals surface area contributed by atoms with Crippen LogP contribution in [0.4, 0.5) is 0 Å². The van der Waals surface area contributed by atoms with Crippen LogP contribution in [0.15, 0.2) is 25.3 Å². The molecule has 1 spiro atoms. The van der Waals surface area contributed by atoms with Gasteiger partial charge in [-0.15, -0.1) is 13.2 Å². The molecule has 3 saturated heterocycles. The Balaban J connectivity index is 2.12. The van der Waals surface area contributed by atoms with Crippen molar-refractivity contribution in [3.63, 3.8) is 0 Å². The van der Waals surface area contributed by atoms with Gasteiger partial charge in [-0.3, -0.25) is 14.4 Å². The number of fused-ring (bicyclic) bond motifs is 1. The predicted octanol–water partition coefficient (Wildman–Crippen LogP) is 4.12. The van der Waals surface area contributed by atoms with Crippen LogP contribution < -0.4 is 0 Å². The second-order valence-electron chi connectivity index (χ2n) is 12.4. The third-order valence-corrected chi connectivity index (χ3v) is 9.23. The molecule has 0 radical (unpaired) electrons. The van der Waals surface area contributed by atoms with Gasteiger partial charge in [0, 0.05) is 12.6 Å². The lowest BCUT2D eigenvalue weighted by Crippen LogP contribution is -2.60. The minimum absolute atomic E-state index is 0.0668. The van der Waals surface area contributed by atoms with Crippen LogP contribution in [0.1, 0.15) is 80.1 Å². The van der Waals surface area contributed by atoms with Gasteiger partial charge in [0.05, 0.1) is 30.8 Å². The molecule has 3 fully saturated rings. The quantitative estimate of drug-likeness (QED) is 0.189. The summed E-state index contributed by atoms with van der Waals surface area (Å²) in [6.45, 7) is 20.0. The van der Waals surface area contributed by atoms with Crippen LogP contribution >= 0.6 is 0 Å². The first-order valence-corrected chi connectivity index (χ1v) is 14.8. The molecular weight excluding hydrogens is 496 g/mol. The van der Waals surface area contributed by atoms with Crippen LogP contribution in [0.25, 0.3) is 0 Å². The number of amides is 2. The Kier molecular flexibility index (Phi) is 10.1. The van der Waals surface area contributed by atoms with Crippen molar-refractivity contribution >= 4 is 17.8 Å². The van der Waals surface area contributed by atoms with Gasteiger partial charge < -0.3 is 24.4 Å². The fourth-order valence-corrected chi connectivity index (χ4v) is 7.37. The topological polar surface area (TPSA) is 96.4 Å². The van der Waals surface area contributed by atoms with E-state index in [0.29, 0.717) is 25.8 Å². The highest BCUT2D eigenvalue weighted by molar-refractivity contribution is 5.99. The average molecular weight is 547 g/mol. The number of carbonyl (C=O) groups is 3. The van der Waals surface area contributed by atoms with Crippen LogP contribution in [0.3, 0.4) is 0 Å². The Morgan fingerprint density at radius 3 is 2.54 bits per heavy atom. The van der Waals surface area contributed by atoms with Crippen molar-refractivity contribution < 1.29 is 29.0 Å². The molecule has 3 aliphatic heterocycles. The van der Waals surface area contributed by atoms with Gasteiger partial charge in [-0.2, -0.15) is 0 Å². The van der Waals surface area contributed by atoms with Crippen LogP contribution in [0.5, 0.6) is 0 Å². The maximum absolute atomic E-state index is 14.6. The summed E-state index contributed by atoms with van der Waals surface area (Å²) >= 11 is 0. The number of unbranched alkanes of at least 4 members (excludes halogenated alkanes) is 1. The van der Waals surface area contributed by atoms with Gasteiger partial charge >= 0.3 is 5.97 Å². The lowest BCUT2D eigenvalue weighted by Gasteiger charge is -2.41. The fraction of sp³-hybridized carbons (Fsp3) is 0.774. The molecule has 8 nitrogen and oxygen atoms in total. The summed E-state index contributed by atoms with van der Waals surface area (Å²) in [4.78, 5) is 45.9. The van der Waals surface area contributed by atoms with Crippen LogP contribution in [0, 0.1) is 23.7 Å². The Bertz CT molecular complexity index is 936. The van der Waals surface area contributed by atoms with Gasteiger partial charge in [-0.25, -0.2) is 0 Å². The number of hydrogen-bond donors (Lipinski definition) is 1. The monoisotopic (exact) mass is 546 g/mol. The molecule has 0 aliphatic carbocycles. The molecule has 2 amide bonds. The normalized spacial score (nSPS) is 32.7. The summed E-state index contributed by atoms with van der Waals surface area (Å²) in [6.07, 6.45) is 7.58. The predicted molar refractivity (Wildman–Crippen MR) is 151 cm³/mol. The molecule has 39 heavy (non-hydrogen) atoms. The van der Waals surface area contributed by atoms with Crippen LogP contribution in [0.2, 0.25) is 0 Å². The highest BCUT2D eigenvalue weighted by Gasteiger charge is 2.80. The van der Waals surface area contributed by atoms with Gasteiger partial charge in [0.15, 0.2) is 0 Å². The molecule has 3 rings (SSSR count). The third-order valence-electron chi connectivity index (χ3n) is 9.23. The standard InChI is InChI=1S/C31H50N2O6/c1-9-12-13-16-38-29(37)25-24-27(35)33(23(19-34)17-20(4)5)26(31(24)18-21(6)30(25,8)39-31)28(36)32(15-11-3)22(7)14-10-2/h9,11,20-26,34H,1,3,10,12-19H2,2,4-8H3/t21?,22?,23-,24+,25-,26?,30+,31?/m1/s1. The molecule has 0 aromatic carbocycles. The smallest absolute Gasteiger partial charge is 0.312 e. The van der Waals surface area contributed by atoms with Crippen LogP contribution in [-0.2, 0) is 23.9 Å². The van der Waals surface area contributed by atoms with Gasteiger partial charge in [0.1, 0.15) is 17.6 Å². The van der Waals surface area contributed by atoms with Gasteiger partial charge in [-0.1, -0.05) is 46.3 Å². The molecule has 8 heteroatoms. The van der Waals surface area contributed by atoms with Crippen LogP contribution in [-0.4, -0.2) is 81.8 Å². The van der Waals surface area contributed by atoms with E-state index in [-0.39, 0.29) is 42.9 Å². The highest BCUT2D eigenvalue weighted by atomic mass is 16.6. The molecule has 0 aromatic heterocycles. The molecule has 3 heterocycles. The van der Waals surface area contributed by atoms with Gasteiger partial charge in [0.2, 0.25) is 11.8 Å². The first kappa shape index (κ1) is 31.3. The summed E-state index contributed by atoms with van der Waals surface area (Å²) < 4.78 is 12.5. The first-order valence-electron chi connectivity index (χ1n) is 14.8. The number of rotatable bonds is 15. The van der Waals surface area contributed by atoms with Crippen molar-refractivity contribution in [3.8, 4) is 0 Å².